The van der Waals surface area contributed by atoms with Gasteiger partial charge in [0.2, 0.25) is 0 Å². The van der Waals surface area contributed by atoms with Crippen LogP contribution in [0.1, 0.15) is 6.92 Å². The molecule has 0 nitrogen and oxygen atoms in total. The van der Waals surface area contributed by atoms with Gasteiger partial charge in [-0.3, -0.25) is 0 Å². The van der Waals surface area contributed by atoms with Gasteiger partial charge in [0.25, 0.3) is 0 Å². The zero-order chi connectivity index (χ0) is 3.58. The minimum Gasteiger partial charge on any atom is -0.0216 e. The average molecular weight is 56.1 g/mol. The molecular formula is C4H8+. The van der Waals surface area contributed by atoms with E-state index in [1.54, 1.807) is 0 Å². The Balaban J connectivity index is 2.32. The molecule has 0 unspecified atom stereocenters. The Bertz CT molecular complexity index is 4.75. The van der Waals surface area contributed by atoms with E-state index in [2.05, 4.69) is 13.8 Å². The maximum Gasteiger partial charge on any atom is 0.0926 e. The summed E-state index contributed by atoms with van der Waals surface area (Å²) in [5.74, 6) is 0.333. The lowest BCUT2D eigenvalue weighted by Crippen LogP contribution is -1.68. The molecule has 23 valence electrons. The van der Waals surface area contributed by atoms with Crippen LogP contribution in [0.15, 0.2) is 0 Å². The van der Waals surface area contributed by atoms with Crippen LogP contribution in [-0.4, -0.2) is 0 Å². The fourth-order valence-electron chi connectivity index (χ4n) is 0. The monoisotopic (exact) mass is 56.1 g/mol. The van der Waals surface area contributed by atoms with Gasteiger partial charge in [-0.2, -0.15) is 0 Å². The van der Waals surface area contributed by atoms with Crippen molar-refractivity contribution in [2.24, 2.45) is 5.92 Å². The van der Waals surface area contributed by atoms with E-state index in [1.807, 2.05) is 6.92 Å². The normalized spacial score (nSPS) is 8.75. The van der Waals surface area contributed by atoms with E-state index < -0.39 is 0 Å². The van der Waals surface area contributed by atoms with Crippen molar-refractivity contribution in [3.05, 3.63) is 13.8 Å². The summed E-state index contributed by atoms with van der Waals surface area (Å²) < 4.78 is 0. The quantitative estimate of drug-likeness (QED) is 0.367. The van der Waals surface area contributed by atoms with Crippen LogP contribution in [0.4, 0.5) is 0 Å². The lowest BCUT2D eigenvalue weighted by Gasteiger charge is -1.68. The molecule has 0 atom stereocenters. The van der Waals surface area contributed by atoms with Crippen molar-refractivity contribution in [1.29, 1.82) is 0 Å². The Labute approximate surface area is 27.8 Å². The third kappa shape index (κ3) is 83.8. The second-order valence-electron chi connectivity index (χ2n) is 1.11. The highest BCUT2D eigenvalue weighted by Crippen LogP contribution is 1.79. The van der Waals surface area contributed by atoms with Crippen molar-refractivity contribution in [1.82, 2.24) is 0 Å². The van der Waals surface area contributed by atoms with Gasteiger partial charge >= 0.3 is 0 Å². The van der Waals surface area contributed by atoms with Crippen LogP contribution in [0.3, 0.4) is 0 Å². The molecule has 0 aliphatic heterocycles. The first-order valence-electron chi connectivity index (χ1n) is 1.39. The molecule has 0 heteroatoms. The molecular weight excluding hydrogens is 48.0 g/mol. The zero-order valence-corrected chi connectivity index (χ0v) is 2.99. The third-order valence-corrected chi connectivity index (χ3v) is 0. The van der Waals surface area contributed by atoms with E-state index in [1.165, 1.54) is 0 Å². The van der Waals surface area contributed by atoms with Gasteiger partial charge < -0.3 is 0 Å². The van der Waals surface area contributed by atoms with Crippen LogP contribution in [0.25, 0.3) is 0 Å². The average Bonchev–Trinajstić information content (AvgIpc) is 0.811. The van der Waals surface area contributed by atoms with E-state index >= 15 is 0 Å². The molecule has 0 heterocycles. The number of rotatable bonds is 0. The maximum absolute atomic E-state index is 3.53. The molecule has 0 N–H and O–H groups in total. The highest BCUT2D eigenvalue weighted by molar-refractivity contribution is 4.51. The molecule has 0 rings (SSSR count). The maximum atomic E-state index is 3.53. The van der Waals surface area contributed by atoms with Crippen molar-refractivity contribution in [2.75, 3.05) is 0 Å². The Morgan fingerprint density at radius 2 is 2.00 bits per heavy atom. The summed E-state index contributed by atoms with van der Waals surface area (Å²) in [6.45, 7) is 9.00. The van der Waals surface area contributed by atoms with Crippen LogP contribution in [-0.2, 0) is 0 Å². The fraction of sp³-hybridized carbons (Fsp3) is 0.500. The summed E-state index contributed by atoms with van der Waals surface area (Å²) in [5, 5.41) is 0. The molecule has 0 saturated heterocycles. The van der Waals surface area contributed by atoms with Gasteiger partial charge in [-0.1, -0.05) is 0 Å². The summed E-state index contributed by atoms with van der Waals surface area (Å²) in [4.78, 5) is 0. The van der Waals surface area contributed by atoms with E-state index in [4.69, 9.17) is 0 Å². The molecule has 0 aromatic rings. The summed E-state index contributed by atoms with van der Waals surface area (Å²) in [7, 11) is 0. The zero-order valence-electron chi connectivity index (χ0n) is 2.99. The van der Waals surface area contributed by atoms with Gasteiger partial charge in [0.05, 0.1) is 12.8 Å². The van der Waals surface area contributed by atoms with Crippen molar-refractivity contribution in [3.63, 3.8) is 0 Å². The van der Waals surface area contributed by atoms with Crippen LogP contribution in [0.5, 0.6) is 0 Å². The highest BCUT2D eigenvalue weighted by atomic mass is 13.7. The topological polar surface area (TPSA) is 0 Å². The van der Waals surface area contributed by atoms with Crippen molar-refractivity contribution in [2.45, 2.75) is 6.92 Å². The van der Waals surface area contributed by atoms with Crippen molar-refractivity contribution in [3.8, 4) is 0 Å². The number of hydrogen-bond donors (Lipinski definition) is 0. The molecule has 0 aliphatic rings. The molecule has 0 amide bonds. The summed E-state index contributed by atoms with van der Waals surface area (Å²) in [6.07, 6.45) is 0. The second kappa shape index (κ2) is 1.22. The van der Waals surface area contributed by atoms with E-state index in [9.17, 15) is 0 Å². The molecule has 0 aromatic carbocycles. The predicted molar refractivity (Wildman–Crippen MR) is 19.9 cm³/mol. The number of hydrogen-bond acceptors (Lipinski definition) is 0. The van der Waals surface area contributed by atoms with Crippen LogP contribution < -0.4 is 0 Å². The summed E-state index contributed by atoms with van der Waals surface area (Å²) in [6, 6.07) is 0. The van der Waals surface area contributed by atoms with Gasteiger partial charge in [0, 0.05) is 0 Å². The predicted octanol–water partition coefficient (Wildman–Crippen LogP) is 1.29. The Morgan fingerprint density at radius 3 is 2.00 bits per heavy atom. The Kier molecular flexibility index (Phi) is 1.18. The van der Waals surface area contributed by atoms with E-state index in [-0.39, 0.29) is 0 Å². The van der Waals surface area contributed by atoms with Crippen molar-refractivity contribution < 1.29 is 0 Å². The molecule has 1 radical (unpaired) electrons. The standard InChI is InChI=1S/C4H8/c1-4(2)3/h4H,1-2H2,3H3/q+1. The van der Waals surface area contributed by atoms with Gasteiger partial charge in [-0.05, 0) is 13.8 Å². The molecule has 4 heavy (non-hydrogen) atoms. The van der Waals surface area contributed by atoms with Gasteiger partial charge in [-0.15, -0.1) is 0 Å². The summed E-state index contributed by atoms with van der Waals surface area (Å²) >= 11 is 0. The molecule has 0 spiro atoms. The first-order chi connectivity index (χ1) is 1.73. The smallest absolute Gasteiger partial charge is 0.0216 e. The lowest BCUT2D eigenvalue weighted by atomic mass is 10.3. The van der Waals surface area contributed by atoms with Crippen LogP contribution >= 0.6 is 0 Å². The van der Waals surface area contributed by atoms with E-state index in [0.717, 1.165) is 0 Å². The largest absolute Gasteiger partial charge is 0.0926 e. The first kappa shape index (κ1) is 3.87. The lowest BCUT2D eigenvalue weighted by molar-refractivity contribution is 0.932. The van der Waals surface area contributed by atoms with Gasteiger partial charge in [-0.25, -0.2) is 0 Å². The first-order valence-corrected chi connectivity index (χ1v) is 1.39. The molecule has 0 aromatic heterocycles. The molecule has 0 fully saturated rings. The van der Waals surface area contributed by atoms with Crippen molar-refractivity contribution >= 4 is 0 Å². The molecule has 0 aliphatic carbocycles. The second-order valence-corrected chi connectivity index (χ2v) is 1.11. The minimum atomic E-state index is 0.333. The third-order valence-electron chi connectivity index (χ3n) is 0. The SMILES string of the molecule is [CH2]C([CH2+])C. The molecule has 0 bridgehead atoms. The molecule has 0 saturated carbocycles. The minimum absolute atomic E-state index is 0.333. The van der Waals surface area contributed by atoms with E-state index in [0.29, 0.717) is 5.92 Å². The van der Waals surface area contributed by atoms with Crippen LogP contribution in [0, 0.1) is 19.8 Å². The fourth-order valence-corrected chi connectivity index (χ4v) is 0. The van der Waals surface area contributed by atoms with Gasteiger partial charge in [0.15, 0.2) is 0 Å². The Morgan fingerprint density at radius 1 is 2.00 bits per heavy atom. The highest BCUT2D eigenvalue weighted by Gasteiger charge is 1.79. The summed E-state index contributed by atoms with van der Waals surface area (Å²) in [5.41, 5.74) is 0. The van der Waals surface area contributed by atoms with Gasteiger partial charge in [0.1, 0.15) is 0 Å². The Hall–Kier alpha value is -0.130. The van der Waals surface area contributed by atoms with Crippen LogP contribution in [0.2, 0.25) is 0 Å².